The fourth-order valence-corrected chi connectivity index (χ4v) is 12.4. The normalized spacial score (nSPS) is 12.7. The molecule has 0 spiro atoms. The zero-order chi connectivity index (χ0) is 22.9. The van der Waals surface area contributed by atoms with Gasteiger partial charge in [-0.3, -0.25) is 0 Å². The number of rotatable bonds is 5. The molecule has 0 bridgehead atoms. The molecule has 164 valence electrons. The molecule has 1 atom stereocenters. The van der Waals surface area contributed by atoms with Crippen LogP contribution >= 0.6 is 0 Å². The third-order valence-corrected chi connectivity index (χ3v) is 14.0. The first-order valence-corrected chi connectivity index (χ1v) is 15.4. The maximum absolute atomic E-state index is 2.50. The van der Waals surface area contributed by atoms with Gasteiger partial charge in [0.15, 0.2) is 0 Å². The predicted molar refractivity (Wildman–Crippen MR) is 146 cm³/mol. The van der Waals surface area contributed by atoms with Gasteiger partial charge in [-0.2, -0.15) is 0 Å². The molecule has 0 aliphatic heterocycles. The quantitative estimate of drug-likeness (QED) is 0.213. The van der Waals surface area contributed by atoms with Crippen molar-refractivity contribution < 1.29 is 0 Å². The molecule has 0 N–H and O–H groups in total. The Balaban J connectivity index is 1.86. The molecule has 0 unspecified atom stereocenters. The van der Waals surface area contributed by atoms with Crippen molar-refractivity contribution in [2.45, 2.75) is 19.9 Å². The summed E-state index contributed by atoms with van der Waals surface area (Å²) in [6.45, 7) is 4.50. The average molecular weight is 538 g/mol. The van der Waals surface area contributed by atoms with E-state index in [9.17, 15) is 0 Å². The van der Waals surface area contributed by atoms with Crippen LogP contribution in [-0.2, 0) is 0 Å². The van der Waals surface area contributed by atoms with Crippen LogP contribution in [-0.4, -0.2) is 39.2 Å². The Morgan fingerprint density at radius 1 is 0.636 bits per heavy atom. The molecule has 0 fully saturated rings. The van der Waals surface area contributed by atoms with Crippen LogP contribution in [0.25, 0.3) is 21.5 Å². The van der Waals surface area contributed by atoms with Crippen LogP contribution in [0.1, 0.15) is 24.1 Å². The first-order chi connectivity index (χ1) is 16.0. The predicted octanol–water partition coefficient (Wildman–Crippen LogP) is 5.44. The number of hydrogen-bond acceptors (Lipinski definition) is 1. The fourth-order valence-electron chi connectivity index (χ4n) is 4.64. The molecular formula is C31H30NSb. The molecule has 2 heteroatoms. The Bertz CT molecular complexity index is 1420. The molecule has 5 aromatic rings. The van der Waals surface area contributed by atoms with E-state index in [1.54, 1.807) is 7.02 Å². The zero-order valence-electron chi connectivity index (χ0n) is 19.8. The van der Waals surface area contributed by atoms with E-state index in [1.807, 2.05) is 0 Å². The van der Waals surface area contributed by atoms with Crippen molar-refractivity contribution in [2.24, 2.45) is 0 Å². The molecule has 5 aromatic carbocycles. The van der Waals surface area contributed by atoms with Crippen LogP contribution in [0.3, 0.4) is 0 Å². The molecule has 0 aromatic heterocycles. The minimum absolute atomic E-state index is 0.366. The summed E-state index contributed by atoms with van der Waals surface area (Å²) >= 11 is -2.36. The molecular weight excluding hydrogens is 508 g/mol. The second-order valence-electron chi connectivity index (χ2n) is 9.03. The van der Waals surface area contributed by atoms with Gasteiger partial charge in [0.25, 0.3) is 0 Å². The molecule has 0 aliphatic rings. The van der Waals surface area contributed by atoms with E-state index < -0.39 is 20.2 Å². The second kappa shape index (κ2) is 9.33. The Morgan fingerprint density at radius 3 is 1.97 bits per heavy atom. The third-order valence-electron chi connectivity index (χ3n) is 6.68. The van der Waals surface area contributed by atoms with Crippen LogP contribution in [0.15, 0.2) is 103 Å². The molecule has 5 rings (SSSR count). The van der Waals surface area contributed by atoms with Gasteiger partial charge in [-0.25, -0.2) is 0 Å². The summed E-state index contributed by atoms with van der Waals surface area (Å²) in [6.07, 6.45) is 0. The number of hydrogen-bond donors (Lipinski definition) is 0. The monoisotopic (exact) mass is 537 g/mol. The summed E-state index contributed by atoms with van der Waals surface area (Å²) in [6, 6.07) is 39.2. The van der Waals surface area contributed by atoms with Gasteiger partial charge in [0, 0.05) is 0 Å². The first-order valence-electron chi connectivity index (χ1n) is 11.6. The van der Waals surface area contributed by atoms with E-state index in [1.165, 1.54) is 36.2 Å². The summed E-state index contributed by atoms with van der Waals surface area (Å²) in [5.74, 6) is 0. The van der Waals surface area contributed by atoms with Crippen molar-refractivity contribution in [2.75, 3.05) is 14.1 Å². The molecule has 0 amide bonds. The number of fused-ring (bicyclic) bond motifs is 3. The van der Waals surface area contributed by atoms with Crippen LogP contribution in [0.2, 0.25) is 0 Å². The molecule has 0 radical (unpaired) electrons. The van der Waals surface area contributed by atoms with Crippen LogP contribution in [0.5, 0.6) is 0 Å². The van der Waals surface area contributed by atoms with Crippen LogP contribution < -0.4 is 10.5 Å². The number of benzene rings is 5. The number of nitrogens with zero attached hydrogens (tertiary/aromatic N) is 1. The van der Waals surface area contributed by atoms with Crippen molar-refractivity contribution >= 4 is 52.3 Å². The van der Waals surface area contributed by atoms with Crippen molar-refractivity contribution in [3.05, 3.63) is 114 Å². The van der Waals surface area contributed by atoms with Crippen molar-refractivity contribution in [1.29, 1.82) is 0 Å². The third kappa shape index (κ3) is 4.21. The van der Waals surface area contributed by atoms with Crippen LogP contribution in [0.4, 0.5) is 0 Å². The second-order valence-corrected chi connectivity index (χ2v) is 15.2. The van der Waals surface area contributed by atoms with Gasteiger partial charge >= 0.3 is 205 Å². The van der Waals surface area contributed by atoms with Gasteiger partial charge in [-0.1, -0.05) is 0 Å². The SMILES string of the molecule is Cc1cc[c]([Sb]([c]2ccccc2[C@H](C)N(C)C)[c]2cc3ccccc3c3ccccc23)cc1. The van der Waals surface area contributed by atoms with E-state index in [0.29, 0.717) is 6.04 Å². The summed E-state index contributed by atoms with van der Waals surface area (Å²) in [5, 5.41) is 5.46. The van der Waals surface area contributed by atoms with E-state index in [4.69, 9.17) is 0 Å². The Kier molecular flexibility index (Phi) is 6.28. The van der Waals surface area contributed by atoms with Gasteiger partial charge in [-0.05, 0) is 0 Å². The number of aryl methyl sites for hydroxylation is 1. The fraction of sp³-hybridized carbons (Fsp3) is 0.161. The van der Waals surface area contributed by atoms with Gasteiger partial charge in [0.1, 0.15) is 0 Å². The summed E-state index contributed by atoms with van der Waals surface area (Å²) in [7, 11) is 4.36. The zero-order valence-corrected chi connectivity index (χ0v) is 22.3. The van der Waals surface area contributed by atoms with Gasteiger partial charge in [-0.15, -0.1) is 0 Å². The van der Waals surface area contributed by atoms with Gasteiger partial charge in [0.2, 0.25) is 0 Å². The summed E-state index contributed by atoms with van der Waals surface area (Å²) < 4.78 is 4.63. The molecule has 0 heterocycles. The van der Waals surface area contributed by atoms with E-state index in [-0.39, 0.29) is 0 Å². The van der Waals surface area contributed by atoms with E-state index >= 15 is 0 Å². The Morgan fingerprint density at radius 2 is 1.24 bits per heavy atom. The van der Waals surface area contributed by atoms with Crippen LogP contribution in [0, 0.1) is 6.92 Å². The van der Waals surface area contributed by atoms with E-state index in [2.05, 4.69) is 136 Å². The molecule has 1 nitrogen and oxygen atoms in total. The minimum atomic E-state index is -2.36. The molecule has 33 heavy (non-hydrogen) atoms. The molecule has 0 saturated heterocycles. The topological polar surface area (TPSA) is 3.24 Å². The van der Waals surface area contributed by atoms with E-state index in [0.717, 1.165) is 0 Å². The summed E-state index contributed by atoms with van der Waals surface area (Å²) in [4.78, 5) is 2.32. The summed E-state index contributed by atoms with van der Waals surface area (Å²) in [5.41, 5.74) is 2.78. The van der Waals surface area contributed by atoms with Gasteiger partial charge < -0.3 is 0 Å². The standard InChI is InChI=1S/C14H9.C10H14N.C7H7.Sb/c1-3-7-13-11(5-1)9-10-12-6-2-4-8-14(12)13;1-9(11(2)3)10-7-5-4-6-8-10;1-7-5-3-2-4-6-7;/h1-9H;4-7,9H,1-3H3;3-6H,1H3;/t;9-;;/m.0../s1. The average Bonchev–Trinajstić information content (AvgIpc) is 2.85. The molecule has 0 saturated carbocycles. The van der Waals surface area contributed by atoms with Gasteiger partial charge in [0.05, 0.1) is 0 Å². The van der Waals surface area contributed by atoms with Crippen molar-refractivity contribution in [3.63, 3.8) is 0 Å². The Hall–Kier alpha value is -2.60. The molecule has 0 aliphatic carbocycles. The van der Waals surface area contributed by atoms with Crippen molar-refractivity contribution in [1.82, 2.24) is 4.90 Å². The van der Waals surface area contributed by atoms with Crippen molar-refractivity contribution in [3.8, 4) is 0 Å². The Labute approximate surface area is 204 Å². The first kappa shape index (κ1) is 22.2. The maximum atomic E-state index is 2.50.